The Morgan fingerprint density at radius 1 is 1.38 bits per heavy atom. The predicted octanol–water partition coefficient (Wildman–Crippen LogP) is 2.04. The second kappa shape index (κ2) is 7.83. The highest BCUT2D eigenvalue weighted by molar-refractivity contribution is 6.30. The Morgan fingerprint density at radius 2 is 2.12 bits per heavy atom. The molecule has 2 fully saturated rings. The third-order valence-electron chi connectivity index (χ3n) is 5.07. The first-order valence-corrected chi connectivity index (χ1v) is 8.91. The maximum absolute atomic E-state index is 13.0. The molecular formula is C18H24ClNO4. The van der Waals surface area contributed by atoms with Crippen molar-refractivity contribution in [3.8, 4) is 0 Å². The fraction of sp³-hybridized carbons (Fsp3) is 0.611. The summed E-state index contributed by atoms with van der Waals surface area (Å²) in [6.45, 7) is 1.31. The summed E-state index contributed by atoms with van der Waals surface area (Å²) < 4.78 is 11.2. The quantitative estimate of drug-likeness (QED) is 0.821. The summed E-state index contributed by atoms with van der Waals surface area (Å²) in [6.07, 6.45) is 3.34. The minimum atomic E-state index is -0.469. The van der Waals surface area contributed by atoms with Crippen LogP contribution >= 0.6 is 11.6 Å². The molecular weight excluding hydrogens is 330 g/mol. The largest absolute Gasteiger partial charge is 0.394 e. The van der Waals surface area contributed by atoms with Gasteiger partial charge in [0.05, 0.1) is 37.4 Å². The molecule has 0 aromatic heterocycles. The molecule has 1 aliphatic heterocycles. The number of rotatable bonds is 6. The van der Waals surface area contributed by atoms with Crippen molar-refractivity contribution >= 4 is 17.5 Å². The van der Waals surface area contributed by atoms with E-state index in [4.69, 9.17) is 26.2 Å². The topological polar surface area (TPSA) is 67.8 Å². The van der Waals surface area contributed by atoms with Crippen LogP contribution < -0.4 is 5.32 Å². The predicted molar refractivity (Wildman–Crippen MR) is 91.2 cm³/mol. The molecule has 1 heterocycles. The van der Waals surface area contributed by atoms with E-state index in [1.165, 1.54) is 0 Å². The van der Waals surface area contributed by atoms with Crippen molar-refractivity contribution in [1.29, 1.82) is 0 Å². The molecule has 24 heavy (non-hydrogen) atoms. The lowest BCUT2D eigenvalue weighted by Gasteiger charge is -2.43. The van der Waals surface area contributed by atoms with Crippen molar-refractivity contribution in [2.24, 2.45) is 0 Å². The van der Waals surface area contributed by atoms with Gasteiger partial charge in [-0.2, -0.15) is 0 Å². The Morgan fingerprint density at radius 3 is 2.75 bits per heavy atom. The number of hydrogen-bond acceptors (Lipinski definition) is 4. The molecule has 3 rings (SSSR count). The molecule has 1 amide bonds. The summed E-state index contributed by atoms with van der Waals surface area (Å²) in [5.41, 5.74) is 0.545. The average molecular weight is 354 g/mol. The lowest BCUT2D eigenvalue weighted by atomic mass is 9.63. The van der Waals surface area contributed by atoms with E-state index in [0.29, 0.717) is 18.2 Å². The van der Waals surface area contributed by atoms with Crippen LogP contribution in [0, 0.1) is 0 Å². The molecule has 132 valence electrons. The molecule has 2 atom stereocenters. The normalized spacial score (nSPS) is 25.8. The number of aliphatic hydroxyl groups is 1. The Labute approximate surface area is 147 Å². The molecule has 0 spiro atoms. The molecule has 6 heteroatoms. The number of nitrogens with one attached hydrogen (secondary N) is 1. The molecule has 1 aromatic carbocycles. The monoisotopic (exact) mass is 353 g/mol. The molecule has 1 saturated carbocycles. The van der Waals surface area contributed by atoms with Crippen LogP contribution in [0.15, 0.2) is 24.3 Å². The zero-order valence-electron chi connectivity index (χ0n) is 13.7. The van der Waals surface area contributed by atoms with E-state index in [1.807, 2.05) is 24.3 Å². The van der Waals surface area contributed by atoms with Crippen molar-refractivity contribution in [2.45, 2.75) is 43.2 Å². The van der Waals surface area contributed by atoms with Gasteiger partial charge in [0.25, 0.3) is 0 Å². The Kier molecular flexibility index (Phi) is 5.76. The van der Waals surface area contributed by atoms with Crippen LogP contribution in [0.4, 0.5) is 0 Å². The van der Waals surface area contributed by atoms with Crippen molar-refractivity contribution < 1.29 is 19.4 Å². The number of hydrogen-bond donors (Lipinski definition) is 2. The zero-order chi connectivity index (χ0) is 17.0. The zero-order valence-corrected chi connectivity index (χ0v) is 14.4. The molecule has 0 bridgehead atoms. The van der Waals surface area contributed by atoms with Crippen molar-refractivity contribution in [2.75, 3.05) is 26.4 Å². The molecule has 1 aromatic rings. The maximum atomic E-state index is 13.0. The van der Waals surface area contributed by atoms with Gasteiger partial charge in [-0.15, -0.1) is 0 Å². The first kappa shape index (κ1) is 17.7. The SMILES string of the molecule is O=C(N[C@H]1COCC[C@H]1OCCO)C1(c2ccc(Cl)cc2)CCC1. The maximum Gasteiger partial charge on any atom is 0.231 e. The van der Waals surface area contributed by atoms with Gasteiger partial charge in [-0.05, 0) is 37.0 Å². The van der Waals surface area contributed by atoms with Crippen LogP contribution in [0.2, 0.25) is 5.02 Å². The number of carbonyl (C=O) groups excluding carboxylic acids is 1. The number of amides is 1. The first-order chi connectivity index (χ1) is 11.7. The van der Waals surface area contributed by atoms with Gasteiger partial charge >= 0.3 is 0 Å². The van der Waals surface area contributed by atoms with E-state index in [0.717, 1.165) is 31.2 Å². The summed E-state index contributed by atoms with van der Waals surface area (Å²) in [4.78, 5) is 13.0. The Hall–Kier alpha value is -1.14. The summed E-state index contributed by atoms with van der Waals surface area (Å²) in [6, 6.07) is 7.38. The summed E-state index contributed by atoms with van der Waals surface area (Å²) in [7, 11) is 0. The van der Waals surface area contributed by atoms with E-state index in [9.17, 15) is 4.79 Å². The van der Waals surface area contributed by atoms with Gasteiger partial charge < -0.3 is 19.9 Å². The number of benzene rings is 1. The fourth-order valence-electron chi connectivity index (χ4n) is 3.51. The number of carbonyl (C=O) groups is 1. The Bertz CT molecular complexity index is 559. The van der Waals surface area contributed by atoms with Gasteiger partial charge in [0.1, 0.15) is 0 Å². The van der Waals surface area contributed by atoms with Gasteiger partial charge in [0, 0.05) is 11.6 Å². The second-order valence-electron chi connectivity index (χ2n) is 6.52. The summed E-state index contributed by atoms with van der Waals surface area (Å²) >= 11 is 5.97. The van der Waals surface area contributed by atoms with Crippen molar-refractivity contribution in [3.63, 3.8) is 0 Å². The van der Waals surface area contributed by atoms with E-state index >= 15 is 0 Å². The second-order valence-corrected chi connectivity index (χ2v) is 6.96. The van der Waals surface area contributed by atoms with Crippen LogP contribution in [0.1, 0.15) is 31.2 Å². The van der Waals surface area contributed by atoms with Gasteiger partial charge in [-0.25, -0.2) is 0 Å². The number of ether oxygens (including phenoxy) is 2. The van der Waals surface area contributed by atoms with E-state index in [1.54, 1.807) is 0 Å². The smallest absolute Gasteiger partial charge is 0.231 e. The Balaban J connectivity index is 1.70. The van der Waals surface area contributed by atoms with Crippen LogP contribution in [-0.2, 0) is 19.7 Å². The molecule has 0 radical (unpaired) electrons. The summed E-state index contributed by atoms with van der Waals surface area (Å²) in [5.74, 6) is 0.0316. The third-order valence-corrected chi connectivity index (χ3v) is 5.32. The van der Waals surface area contributed by atoms with Gasteiger partial charge in [0.15, 0.2) is 0 Å². The van der Waals surface area contributed by atoms with Crippen LogP contribution in [-0.4, -0.2) is 49.6 Å². The van der Waals surface area contributed by atoms with E-state index < -0.39 is 5.41 Å². The van der Waals surface area contributed by atoms with Crippen LogP contribution in [0.5, 0.6) is 0 Å². The molecule has 1 saturated heterocycles. The lowest BCUT2D eigenvalue weighted by molar-refractivity contribution is -0.135. The van der Waals surface area contributed by atoms with Crippen molar-refractivity contribution in [3.05, 3.63) is 34.9 Å². The minimum Gasteiger partial charge on any atom is -0.394 e. The standard InChI is InChI=1S/C18H24ClNO4/c19-14-4-2-13(3-5-14)18(7-1-8-18)17(22)20-15-12-23-10-6-16(15)24-11-9-21/h2-5,15-16,21H,1,6-12H2,(H,20,22)/t15-,16+/m0/s1. The number of aliphatic hydroxyl groups excluding tert-OH is 1. The van der Waals surface area contributed by atoms with Crippen LogP contribution in [0.3, 0.4) is 0 Å². The molecule has 1 aliphatic carbocycles. The molecule has 2 N–H and O–H groups in total. The first-order valence-electron chi connectivity index (χ1n) is 8.53. The van der Waals surface area contributed by atoms with E-state index in [-0.39, 0.29) is 31.3 Å². The van der Waals surface area contributed by atoms with Crippen LogP contribution in [0.25, 0.3) is 0 Å². The highest BCUT2D eigenvalue weighted by Gasteiger charge is 2.46. The fourth-order valence-corrected chi connectivity index (χ4v) is 3.64. The molecule has 0 unspecified atom stereocenters. The highest BCUT2D eigenvalue weighted by Crippen LogP contribution is 2.44. The minimum absolute atomic E-state index is 0.0211. The van der Waals surface area contributed by atoms with Gasteiger partial charge in [-0.1, -0.05) is 30.2 Å². The summed E-state index contributed by atoms with van der Waals surface area (Å²) in [5, 5.41) is 12.8. The third kappa shape index (κ3) is 3.59. The van der Waals surface area contributed by atoms with Gasteiger partial charge in [-0.3, -0.25) is 4.79 Å². The highest BCUT2D eigenvalue weighted by atomic mass is 35.5. The molecule has 2 aliphatic rings. The molecule has 5 nitrogen and oxygen atoms in total. The number of halogens is 1. The van der Waals surface area contributed by atoms with Crippen molar-refractivity contribution in [1.82, 2.24) is 5.32 Å². The van der Waals surface area contributed by atoms with Gasteiger partial charge in [0.2, 0.25) is 5.91 Å². The lowest BCUT2D eigenvalue weighted by Crippen LogP contribution is -2.57. The van der Waals surface area contributed by atoms with E-state index in [2.05, 4.69) is 5.32 Å². The average Bonchev–Trinajstić information content (AvgIpc) is 2.55.